The molecular weight excluding hydrogens is 334 g/mol. The van der Waals surface area contributed by atoms with E-state index >= 15 is 0 Å². The second-order valence-electron chi connectivity index (χ2n) is 5.68. The average molecular weight is 351 g/mol. The molecule has 0 saturated heterocycles. The van der Waals surface area contributed by atoms with Gasteiger partial charge in [0.15, 0.2) is 5.65 Å². The van der Waals surface area contributed by atoms with Gasteiger partial charge in [-0.1, -0.05) is 0 Å². The van der Waals surface area contributed by atoms with Crippen molar-refractivity contribution in [2.75, 3.05) is 11.9 Å². The van der Waals surface area contributed by atoms with E-state index in [-0.39, 0.29) is 0 Å². The van der Waals surface area contributed by atoms with Gasteiger partial charge in [-0.05, 0) is 19.1 Å². The number of hydrogen-bond donors (Lipinski definition) is 1. The van der Waals surface area contributed by atoms with E-state index in [1.807, 2.05) is 26.1 Å². The molecular formula is C17H17N7S. The first-order valence-corrected chi connectivity index (χ1v) is 8.84. The highest BCUT2D eigenvalue weighted by Gasteiger charge is 2.10. The van der Waals surface area contributed by atoms with E-state index in [1.165, 1.54) is 0 Å². The zero-order valence-electron chi connectivity index (χ0n) is 14.0. The smallest absolute Gasteiger partial charge is 0.163 e. The monoisotopic (exact) mass is 351 g/mol. The highest BCUT2D eigenvalue weighted by Crippen LogP contribution is 2.23. The lowest BCUT2D eigenvalue weighted by Crippen LogP contribution is -2.08. The van der Waals surface area contributed by atoms with Crippen LogP contribution in [0, 0.1) is 6.92 Å². The maximum atomic E-state index is 4.70. The highest BCUT2D eigenvalue weighted by atomic mass is 32.1. The number of hydrogen-bond acceptors (Lipinski definition) is 7. The van der Waals surface area contributed by atoms with Crippen molar-refractivity contribution in [3.63, 3.8) is 0 Å². The fraction of sp³-hybridized carbons (Fsp3) is 0.235. The maximum Gasteiger partial charge on any atom is 0.163 e. The van der Waals surface area contributed by atoms with Crippen molar-refractivity contribution in [3.8, 4) is 10.6 Å². The van der Waals surface area contributed by atoms with Crippen molar-refractivity contribution in [1.82, 2.24) is 29.7 Å². The second-order valence-corrected chi connectivity index (χ2v) is 6.54. The largest absolute Gasteiger partial charge is 0.369 e. The molecule has 0 unspecified atom stereocenters. The lowest BCUT2D eigenvalue weighted by Gasteiger charge is -2.06. The van der Waals surface area contributed by atoms with Crippen LogP contribution in [0.4, 0.5) is 5.82 Å². The Balaban J connectivity index is 1.46. The number of nitrogens with one attached hydrogen (secondary N) is 1. The van der Waals surface area contributed by atoms with Crippen LogP contribution in [0.25, 0.3) is 21.6 Å². The normalized spacial score (nSPS) is 11.1. The predicted molar refractivity (Wildman–Crippen MR) is 98.6 cm³/mol. The number of nitrogens with zero attached hydrogens (tertiary/aromatic N) is 6. The van der Waals surface area contributed by atoms with Gasteiger partial charge in [0.05, 0.1) is 17.3 Å². The third-order valence-electron chi connectivity index (χ3n) is 3.86. The Kier molecular flexibility index (Phi) is 4.10. The number of rotatable bonds is 5. The average Bonchev–Trinajstić information content (AvgIpc) is 3.23. The molecule has 0 saturated carbocycles. The molecule has 0 aromatic carbocycles. The quantitative estimate of drug-likeness (QED) is 0.595. The summed E-state index contributed by atoms with van der Waals surface area (Å²) in [6.07, 6.45) is 6.19. The maximum absolute atomic E-state index is 4.70. The fourth-order valence-corrected chi connectivity index (χ4v) is 3.48. The summed E-state index contributed by atoms with van der Waals surface area (Å²) in [4.78, 5) is 17.7. The lowest BCUT2D eigenvalue weighted by molar-refractivity contribution is 0.783. The van der Waals surface area contributed by atoms with Crippen molar-refractivity contribution in [2.45, 2.75) is 13.3 Å². The summed E-state index contributed by atoms with van der Waals surface area (Å²) in [5, 5.41) is 11.7. The minimum absolute atomic E-state index is 0.729. The summed E-state index contributed by atoms with van der Waals surface area (Å²) in [7, 11) is 1.88. The SMILES string of the molecule is Cc1nc(NCCc2csc(-c3ccncc3)n2)c2cnn(C)c2n1. The predicted octanol–water partition coefficient (Wildman–Crippen LogP) is 2.84. The van der Waals surface area contributed by atoms with E-state index in [9.17, 15) is 0 Å². The molecule has 1 N–H and O–H groups in total. The molecule has 0 bridgehead atoms. The summed E-state index contributed by atoms with van der Waals surface area (Å²) in [5.41, 5.74) is 3.00. The van der Waals surface area contributed by atoms with Crippen LogP contribution < -0.4 is 5.32 Å². The van der Waals surface area contributed by atoms with Crippen LogP contribution in [0.1, 0.15) is 11.5 Å². The second kappa shape index (κ2) is 6.56. The molecule has 0 aliphatic heterocycles. The number of anilines is 1. The molecule has 0 radical (unpaired) electrons. The van der Waals surface area contributed by atoms with Crippen molar-refractivity contribution in [3.05, 3.63) is 47.6 Å². The lowest BCUT2D eigenvalue weighted by atomic mass is 10.3. The van der Waals surface area contributed by atoms with Gasteiger partial charge in [0.1, 0.15) is 16.6 Å². The Bertz CT molecular complexity index is 1010. The van der Waals surface area contributed by atoms with Gasteiger partial charge in [0.25, 0.3) is 0 Å². The zero-order chi connectivity index (χ0) is 17.2. The number of aromatic nitrogens is 6. The molecule has 8 heteroatoms. The van der Waals surface area contributed by atoms with E-state index < -0.39 is 0 Å². The Labute approximate surface area is 148 Å². The molecule has 0 aliphatic carbocycles. The molecule has 4 aromatic heterocycles. The van der Waals surface area contributed by atoms with Crippen LogP contribution in [0.3, 0.4) is 0 Å². The highest BCUT2D eigenvalue weighted by molar-refractivity contribution is 7.13. The molecule has 126 valence electrons. The molecule has 25 heavy (non-hydrogen) atoms. The molecule has 0 spiro atoms. The van der Waals surface area contributed by atoms with Crippen LogP contribution in [0.15, 0.2) is 36.1 Å². The molecule has 0 aliphatic rings. The third kappa shape index (κ3) is 3.20. The summed E-state index contributed by atoms with van der Waals surface area (Å²) >= 11 is 1.65. The molecule has 4 aromatic rings. The van der Waals surface area contributed by atoms with Crippen LogP contribution in [-0.4, -0.2) is 36.3 Å². The number of aryl methyl sites for hydroxylation is 2. The van der Waals surface area contributed by atoms with Crippen molar-refractivity contribution >= 4 is 28.2 Å². The minimum Gasteiger partial charge on any atom is -0.369 e. The molecule has 4 rings (SSSR count). The van der Waals surface area contributed by atoms with Crippen molar-refractivity contribution in [1.29, 1.82) is 0 Å². The van der Waals surface area contributed by atoms with Crippen molar-refractivity contribution < 1.29 is 0 Å². The molecule has 0 fully saturated rings. The zero-order valence-corrected chi connectivity index (χ0v) is 14.8. The number of pyridine rings is 1. The van der Waals surface area contributed by atoms with Gasteiger partial charge in [-0.15, -0.1) is 11.3 Å². The molecule has 0 amide bonds. The van der Waals surface area contributed by atoms with Gasteiger partial charge < -0.3 is 5.32 Å². The summed E-state index contributed by atoms with van der Waals surface area (Å²) < 4.78 is 1.76. The summed E-state index contributed by atoms with van der Waals surface area (Å²) in [6.45, 7) is 2.64. The minimum atomic E-state index is 0.729. The van der Waals surface area contributed by atoms with Crippen LogP contribution in [0.5, 0.6) is 0 Å². The van der Waals surface area contributed by atoms with Gasteiger partial charge in [0.2, 0.25) is 0 Å². The van der Waals surface area contributed by atoms with Crippen molar-refractivity contribution in [2.24, 2.45) is 7.05 Å². The van der Waals surface area contributed by atoms with Crippen LogP contribution in [-0.2, 0) is 13.5 Å². The first-order chi connectivity index (χ1) is 12.2. The fourth-order valence-electron chi connectivity index (χ4n) is 2.62. The topological polar surface area (TPSA) is 81.4 Å². The van der Waals surface area contributed by atoms with E-state index in [0.29, 0.717) is 0 Å². The Hall–Kier alpha value is -2.87. The standard InChI is InChI=1S/C17H17N7S/c1-11-21-15(14-9-20-24(2)16(14)22-11)19-8-5-13-10-25-17(23-13)12-3-6-18-7-4-12/h3-4,6-7,9-10H,5,8H2,1-2H3,(H,19,21,22). The van der Waals surface area contributed by atoms with Crippen LogP contribution in [0.2, 0.25) is 0 Å². The number of thiazole rings is 1. The Morgan fingerprint density at radius 3 is 2.84 bits per heavy atom. The van der Waals surface area contributed by atoms with E-state index in [1.54, 1.807) is 34.6 Å². The summed E-state index contributed by atoms with van der Waals surface area (Å²) in [6, 6.07) is 3.95. The molecule has 7 nitrogen and oxygen atoms in total. The van der Waals surface area contributed by atoms with E-state index in [2.05, 4.69) is 30.7 Å². The van der Waals surface area contributed by atoms with Gasteiger partial charge >= 0.3 is 0 Å². The summed E-state index contributed by atoms with van der Waals surface area (Å²) in [5.74, 6) is 1.55. The molecule has 0 atom stereocenters. The molecule has 4 heterocycles. The van der Waals surface area contributed by atoms with Gasteiger partial charge in [-0.2, -0.15) is 5.10 Å². The van der Waals surface area contributed by atoms with Gasteiger partial charge in [0, 0.05) is 43.4 Å². The first kappa shape index (κ1) is 15.6. The number of fused-ring (bicyclic) bond motifs is 1. The van der Waals surface area contributed by atoms with Gasteiger partial charge in [-0.3, -0.25) is 9.67 Å². The van der Waals surface area contributed by atoms with E-state index in [4.69, 9.17) is 4.98 Å². The Morgan fingerprint density at radius 1 is 1.16 bits per heavy atom. The third-order valence-corrected chi connectivity index (χ3v) is 4.80. The Morgan fingerprint density at radius 2 is 2.00 bits per heavy atom. The van der Waals surface area contributed by atoms with Crippen LogP contribution >= 0.6 is 11.3 Å². The van der Waals surface area contributed by atoms with Gasteiger partial charge in [-0.25, -0.2) is 15.0 Å². The van der Waals surface area contributed by atoms with E-state index in [0.717, 1.165) is 51.9 Å². The first-order valence-electron chi connectivity index (χ1n) is 7.96.